The zero-order valence-electron chi connectivity index (χ0n) is 12.8. The fraction of sp³-hybridized carbons (Fsp3) is 0.588. The Morgan fingerprint density at radius 1 is 1.10 bits per heavy atom. The van der Waals surface area contributed by atoms with Crippen molar-refractivity contribution in [1.29, 1.82) is 0 Å². The second-order valence-corrected chi connectivity index (χ2v) is 7.55. The van der Waals surface area contributed by atoms with Crippen molar-refractivity contribution in [2.45, 2.75) is 52.0 Å². The first-order chi connectivity index (χ1) is 9.22. The van der Waals surface area contributed by atoms with E-state index in [1.807, 2.05) is 24.3 Å². The smallest absolute Gasteiger partial charge is 0.230 e. The minimum Gasteiger partial charge on any atom is -0.399 e. The molecule has 2 fully saturated rings. The highest BCUT2D eigenvalue weighted by atomic mass is 16.2. The molecule has 0 unspecified atom stereocenters. The third-order valence-corrected chi connectivity index (χ3v) is 5.94. The van der Waals surface area contributed by atoms with Crippen molar-refractivity contribution >= 4 is 11.6 Å². The Morgan fingerprint density at radius 3 is 2.00 bits per heavy atom. The van der Waals surface area contributed by atoms with E-state index in [1.54, 1.807) is 0 Å². The van der Waals surface area contributed by atoms with Gasteiger partial charge in [-0.15, -0.1) is 0 Å². The van der Waals surface area contributed by atoms with Crippen LogP contribution in [0.15, 0.2) is 24.3 Å². The number of nitrogens with one attached hydrogen (secondary N) is 1. The Balaban J connectivity index is 1.77. The van der Waals surface area contributed by atoms with Crippen LogP contribution in [-0.4, -0.2) is 11.9 Å². The lowest BCUT2D eigenvalue weighted by molar-refractivity contribution is -0.124. The number of rotatable bonds is 3. The fourth-order valence-electron chi connectivity index (χ4n) is 3.40. The average molecular weight is 272 g/mol. The van der Waals surface area contributed by atoms with Gasteiger partial charge in [-0.2, -0.15) is 0 Å². The lowest BCUT2D eigenvalue weighted by atomic mass is 9.94. The molecule has 0 radical (unpaired) electrons. The number of carbonyl (C=O) groups excluding carboxylic acids is 1. The van der Waals surface area contributed by atoms with E-state index < -0.39 is 0 Å². The molecule has 0 aliphatic heterocycles. The van der Waals surface area contributed by atoms with Crippen LogP contribution in [0.2, 0.25) is 0 Å². The molecule has 1 amide bonds. The summed E-state index contributed by atoms with van der Waals surface area (Å²) in [6.07, 6.45) is 1.88. The summed E-state index contributed by atoms with van der Waals surface area (Å²) in [5, 5.41) is 3.28. The van der Waals surface area contributed by atoms with Gasteiger partial charge in [0.2, 0.25) is 5.91 Å². The van der Waals surface area contributed by atoms with Gasteiger partial charge in [-0.05, 0) is 41.4 Å². The first-order valence-corrected chi connectivity index (χ1v) is 7.39. The average Bonchev–Trinajstić information content (AvgIpc) is 3.24. The fourth-order valence-corrected chi connectivity index (χ4v) is 3.40. The molecule has 0 aromatic heterocycles. The van der Waals surface area contributed by atoms with Crippen molar-refractivity contribution in [3.8, 4) is 0 Å². The van der Waals surface area contributed by atoms with Gasteiger partial charge in [-0.25, -0.2) is 0 Å². The van der Waals surface area contributed by atoms with E-state index in [9.17, 15) is 4.79 Å². The highest BCUT2D eigenvalue weighted by Crippen LogP contribution is 2.63. The van der Waals surface area contributed by atoms with Gasteiger partial charge in [0.25, 0.3) is 0 Å². The summed E-state index contributed by atoms with van der Waals surface area (Å²) < 4.78 is 0. The van der Waals surface area contributed by atoms with E-state index in [1.165, 1.54) is 0 Å². The van der Waals surface area contributed by atoms with Crippen molar-refractivity contribution in [3.05, 3.63) is 29.8 Å². The Hall–Kier alpha value is -1.51. The lowest BCUT2D eigenvalue weighted by Gasteiger charge is -2.17. The summed E-state index contributed by atoms with van der Waals surface area (Å²) in [5.41, 5.74) is 7.63. The predicted octanol–water partition coefficient (Wildman–Crippen LogP) is 2.85. The summed E-state index contributed by atoms with van der Waals surface area (Å²) in [6.45, 7) is 8.89. The number of hydrogen-bond acceptors (Lipinski definition) is 2. The van der Waals surface area contributed by atoms with Crippen LogP contribution in [0.4, 0.5) is 5.69 Å². The molecular formula is C17H24N2O. The van der Waals surface area contributed by atoms with Gasteiger partial charge < -0.3 is 11.1 Å². The van der Waals surface area contributed by atoms with Crippen LogP contribution in [0.5, 0.6) is 0 Å². The zero-order valence-corrected chi connectivity index (χ0v) is 12.8. The minimum absolute atomic E-state index is 0.180. The Morgan fingerprint density at radius 2 is 1.60 bits per heavy atom. The molecule has 0 bridgehead atoms. The maximum Gasteiger partial charge on any atom is 0.230 e. The van der Waals surface area contributed by atoms with E-state index in [0.717, 1.165) is 24.1 Å². The third-order valence-electron chi connectivity index (χ3n) is 5.94. The van der Waals surface area contributed by atoms with Gasteiger partial charge in [0.05, 0.1) is 5.41 Å². The molecule has 2 aliphatic rings. The molecule has 3 rings (SSSR count). The van der Waals surface area contributed by atoms with E-state index in [2.05, 4.69) is 33.0 Å². The van der Waals surface area contributed by atoms with Crippen molar-refractivity contribution < 1.29 is 4.79 Å². The number of nitrogens with two attached hydrogens (primary N) is 1. The standard InChI is InChI=1S/C17H24N2O/c1-15(2)13(16(15,3)4)19-14(20)17(9-10-17)11-5-7-12(18)8-6-11/h5-8,13H,9-10,18H2,1-4H3,(H,19,20). The van der Waals surface area contributed by atoms with Crippen molar-refractivity contribution in [3.63, 3.8) is 0 Å². The molecule has 2 aliphatic carbocycles. The molecule has 1 aromatic carbocycles. The van der Waals surface area contributed by atoms with Crippen LogP contribution < -0.4 is 11.1 Å². The topological polar surface area (TPSA) is 55.1 Å². The van der Waals surface area contributed by atoms with Crippen LogP contribution in [0.3, 0.4) is 0 Å². The highest BCUT2D eigenvalue weighted by Gasteiger charge is 2.66. The molecule has 1 aromatic rings. The van der Waals surface area contributed by atoms with Crippen LogP contribution >= 0.6 is 0 Å². The Kier molecular flexibility index (Phi) is 2.54. The maximum absolute atomic E-state index is 12.7. The quantitative estimate of drug-likeness (QED) is 0.831. The highest BCUT2D eigenvalue weighted by molar-refractivity contribution is 5.92. The number of benzene rings is 1. The van der Waals surface area contributed by atoms with Gasteiger partial charge in [0, 0.05) is 11.7 Å². The minimum atomic E-state index is -0.303. The first-order valence-electron chi connectivity index (χ1n) is 7.39. The van der Waals surface area contributed by atoms with E-state index in [4.69, 9.17) is 5.73 Å². The molecule has 3 nitrogen and oxygen atoms in total. The number of hydrogen-bond donors (Lipinski definition) is 2. The molecular weight excluding hydrogens is 248 g/mol. The number of nitrogen functional groups attached to an aromatic ring is 1. The van der Waals surface area contributed by atoms with E-state index in [0.29, 0.717) is 0 Å². The van der Waals surface area contributed by atoms with Crippen molar-refractivity contribution in [2.24, 2.45) is 10.8 Å². The second kappa shape index (κ2) is 3.78. The first kappa shape index (κ1) is 13.5. The van der Waals surface area contributed by atoms with Gasteiger partial charge >= 0.3 is 0 Å². The molecule has 0 saturated heterocycles. The second-order valence-electron chi connectivity index (χ2n) is 7.55. The lowest BCUT2D eigenvalue weighted by Crippen LogP contribution is -2.38. The number of carbonyl (C=O) groups is 1. The summed E-state index contributed by atoms with van der Waals surface area (Å²) in [6, 6.07) is 8.02. The molecule has 2 saturated carbocycles. The molecule has 20 heavy (non-hydrogen) atoms. The van der Waals surface area contributed by atoms with Gasteiger partial charge in [-0.3, -0.25) is 4.79 Å². The molecule has 3 heteroatoms. The van der Waals surface area contributed by atoms with Crippen LogP contribution in [0.25, 0.3) is 0 Å². The largest absolute Gasteiger partial charge is 0.399 e. The Bertz CT molecular complexity index is 539. The molecule has 0 atom stereocenters. The van der Waals surface area contributed by atoms with Crippen molar-refractivity contribution in [1.82, 2.24) is 5.32 Å². The monoisotopic (exact) mass is 272 g/mol. The van der Waals surface area contributed by atoms with Gasteiger partial charge in [0.15, 0.2) is 0 Å². The summed E-state index contributed by atoms with van der Waals surface area (Å²) in [4.78, 5) is 12.7. The zero-order chi connectivity index (χ0) is 14.8. The normalized spacial score (nSPS) is 25.0. The number of anilines is 1. The molecule has 0 heterocycles. The summed E-state index contributed by atoms with van der Waals surface area (Å²) in [5.74, 6) is 0.186. The Labute approximate surface area is 120 Å². The molecule has 108 valence electrons. The summed E-state index contributed by atoms with van der Waals surface area (Å²) >= 11 is 0. The van der Waals surface area contributed by atoms with Crippen molar-refractivity contribution in [2.75, 3.05) is 5.73 Å². The van der Waals surface area contributed by atoms with E-state index >= 15 is 0 Å². The van der Waals surface area contributed by atoms with Crippen LogP contribution in [0, 0.1) is 10.8 Å². The van der Waals surface area contributed by atoms with Gasteiger partial charge in [-0.1, -0.05) is 39.8 Å². The van der Waals surface area contributed by atoms with Crippen LogP contribution in [0.1, 0.15) is 46.1 Å². The predicted molar refractivity (Wildman–Crippen MR) is 81.3 cm³/mol. The summed E-state index contributed by atoms with van der Waals surface area (Å²) in [7, 11) is 0. The molecule has 3 N–H and O–H groups in total. The SMILES string of the molecule is CC1(C)C(NC(=O)C2(c3ccc(N)cc3)CC2)C1(C)C. The van der Waals surface area contributed by atoms with Crippen LogP contribution in [-0.2, 0) is 10.2 Å². The third kappa shape index (κ3) is 1.68. The molecule has 0 spiro atoms. The number of amides is 1. The van der Waals surface area contributed by atoms with Gasteiger partial charge in [0.1, 0.15) is 0 Å². The maximum atomic E-state index is 12.7. The van der Waals surface area contributed by atoms with E-state index in [-0.39, 0.29) is 28.2 Å².